The summed E-state index contributed by atoms with van der Waals surface area (Å²) in [5.41, 5.74) is -0.0258. The Balaban J connectivity index is 2.27. The van der Waals surface area contributed by atoms with Crippen LogP contribution in [0.4, 0.5) is 0 Å². The van der Waals surface area contributed by atoms with Crippen LogP contribution in [0.1, 0.15) is 45.4 Å². The van der Waals surface area contributed by atoms with Gasteiger partial charge in [-0.05, 0) is 51.0 Å². The van der Waals surface area contributed by atoms with E-state index in [-0.39, 0.29) is 18.8 Å². The fraction of sp³-hybridized carbons (Fsp3) is 1.00. The summed E-state index contributed by atoms with van der Waals surface area (Å²) < 4.78 is 0. The highest BCUT2D eigenvalue weighted by Gasteiger charge is 2.32. The second-order valence-electron chi connectivity index (χ2n) is 4.98. The number of aliphatic hydroxyl groups is 2. The molecule has 1 aliphatic carbocycles. The SMILES string of the molecule is CC1CCC(CO)(NCCCCO)CC1. The predicted molar refractivity (Wildman–Crippen MR) is 61.8 cm³/mol. The first-order valence-corrected chi connectivity index (χ1v) is 6.19. The quantitative estimate of drug-likeness (QED) is 0.585. The van der Waals surface area contributed by atoms with E-state index in [4.69, 9.17) is 5.11 Å². The maximum Gasteiger partial charge on any atom is 0.0613 e. The molecule has 3 heteroatoms. The van der Waals surface area contributed by atoms with Crippen molar-refractivity contribution in [2.75, 3.05) is 19.8 Å². The lowest BCUT2D eigenvalue weighted by Crippen LogP contribution is -2.51. The first-order chi connectivity index (χ1) is 7.22. The second-order valence-corrected chi connectivity index (χ2v) is 4.98. The summed E-state index contributed by atoms with van der Waals surface area (Å²) in [5, 5.41) is 21.6. The summed E-state index contributed by atoms with van der Waals surface area (Å²) in [6.45, 7) is 3.71. The van der Waals surface area contributed by atoms with Gasteiger partial charge in [0.1, 0.15) is 0 Å². The third-order valence-corrected chi connectivity index (χ3v) is 3.62. The van der Waals surface area contributed by atoms with E-state index < -0.39 is 0 Å². The summed E-state index contributed by atoms with van der Waals surface area (Å²) >= 11 is 0. The fourth-order valence-corrected chi connectivity index (χ4v) is 2.30. The molecule has 0 aliphatic heterocycles. The maximum absolute atomic E-state index is 9.47. The molecule has 15 heavy (non-hydrogen) atoms. The Morgan fingerprint density at radius 3 is 2.40 bits per heavy atom. The van der Waals surface area contributed by atoms with Crippen LogP contribution in [-0.4, -0.2) is 35.5 Å². The lowest BCUT2D eigenvalue weighted by Gasteiger charge is -2.39. The molecule has 3 nitrogen and oxygen atoms in total. The Hall–Kier alpha value is -0.120. The molecule has 0 saturated heterocycles. The molecule has 0 spiro atoms. The van der Waals surface area contributed by atoms with Gasteiger partial charge in [-0.2, -0.15) is 0 Å². The van der Waals surface area contributed by atoms with Crippen LogP contribution in [0.2, 0.25) is 0 Å². The van der Waals surface area contributed by atoms with Gasteiger partial charge in [0.25, 0.3) is 0 Å². The van der Waals surface area contributed by atoms with Crippen molar-refractivity contribution in [2.24, 2.45) is 5.92 Å². The number of hydrogen-bond acceptors (Lipinski definition) is 3. The molecule has 0 unspecified atom stereocenters. The van der Waals surface area contributed by atoms with Crippen LogP contribution < -0.4 is 5.32 Å². The minimum atomic E-state index is -0.0258. The van der Waals surface area contributed by atoms with E-state index in [2.05, 4.69) is 12.2 Å². The minimum absolute atomic E-state index is 0.0258. The first-order valence-electron chi connectivity index (χ1n) is 6.19. The minimum Gasteiger partial charge on any atom is -0.396 e. The predicted octanol–water partition coefficient (Wildman–Crippen LogP) is 1.29. The molecule has 0 aromatic heterocycles. The van der Waals surface area contributed by atoms with Crippen LogP contribution in [0.15, 0.2) is 0 Å². The summed E-state index contributed by atoms with van der Waals surface area (Å²) in [7, 11) is 0. The third kappa shape index (κ3) is 4.09. The monoisotopic (exact) mass is 215 g/mol. The van der Waals surface area contributed by atoms with E-state index >= 15 is 0 Å². The van der Waals surface area contributed by atoms with Gasteiger partial charge in [0, 0.05) is 12.1 Å². The zero-order chi connectivity index (χ0) is 11.1. The van der Waals surface area contributed by atoms with Gasteiger partial charge < -0.3 is 15.5 Å². The Morgan fingerprint density at radius 1 is 1.20 bits per heavy atom. The smallest absolute Gasteiger partial charge is 0.0613 e. The highest BCUT2D eigenvalue weighted by atomic mass is 16.3. The molecule has 3 N–H and O–H groups in total. The van der Waals surface area contributed by atoms with Gasteiger partial charge in [0.15, 0.2) is 0 Å². The molecule has 1 rings (SSSR count). The second kappa shape index (κ2) is 6.46. The molecule has 0 amide bonds. The average molecular weight is 215 g/mol. The highest BCUT2D eigenvalue weighted by Crippen LogP contribution is 2.31. The maximum atomic E-state index is 9.47. The average Bonchev–Trinajstić information content (AvgIpc) is 2.28. The van der Waals surface area contributed by atoms with E-state index in [0.717, 1.165) is 38.1 Å². The molecule has 0 bridgehead atoms. The lowest BCUT2D eigenvalue weighted by molar-refractivity contribution is 0.105. The van der Waals surface area contributed by atoms with Crippen molar-refractivity contribution in [3.05, 3.63) is 0 Å². The van der Waals surface area contributed by atoms with Crippen LogP contribution in [-0.2, 0) is 0 Å². The molecule has 0 radical (unpaired) electrons. The van der Waals surface area contributed by atoms with Gasteiger partial charge in [-0.15, -0.1) is 0 Å². The van der Waals surface area contributed by atoms with Gasteiger partial charge in [0.05, 0.1) is 6.61 Å². The van der Waals surface area contributed by atoms with E-state index in [1.807, 2.05) is 0 Å². The molecule has 0 atom stereocenters. The zero-order valence-electron chi connectivity index (χ0n) is 9.84. The van der Waals surface area contributed by atoms with Gasteiger partial charge in [-0.3, -0.25) is 0 Å². The highest BCUT2D eigenvalue weighted by molar-refractivity contribution is 4.91. The van der Waals surface area contributed by atoms with Crippen LogP contribution >= 0.6 is 0 Å². The van der Waals surface area contributed by atoms with Crippen LogP contribution in [0, 0.1) is 5.92 Å². The topological polar surface area (TPSA) is 52.5 Å². The van der Waals surface area contributed by atoms with Crippen molar-refractivity contribution in [2.45, 2.75) is 51.0 Å². The molecule has 0 heterocycles. The molecule has 1 saturated carbocycles. The van der Waals surface area contributed by atoms with Crippen molar-refractivity contribution < 1.29 is 10.2 Å². The van der Waals surface area contributed by atoms with Crippen molar-refractivity contribution in [1.29, 1.82) is 0 Å². The van der Waals surface area contributed by atoms with Gasteiger partial charge in [0.2, 0.25) is 0 Å². The zero-order valence-corrected chi connectivity index (χ0v) is 9.84. The molecule has 0 aromatic carbocycles. The van der Waals surface area contributed by atoms with Crippen molar-refractivity contribution in [3.8, 4) is 0 Å². The number of rotatable bonds is 6. The Kier molecular flexibility index (Phi) is 5.58. The van der Waals surface area contributed by atoms with E-state index in [9.17, 15) is 5.11 Å². The molecule has 90 valence electrons. The molecule has 1 fully saturated rings. The molecule has 1 aliphatic rings. The molecule has 0 aromatic rings. The van der Waals surface area contributed by atoms with Crippen LogP contribution in [0.5, 0.6) is 0 Å². The normalized spacial score (nSPS) is 31.8. The van der Waals surface area contributed by atoms with Gasteiger partial charge in [-0.25, -0.2) is 0 Å². The van der Waals surface area contributed by atoms with E-state index in [1.165, 1.54) is 12.8 Å². The van der Waals surface area contributed by atoms with Crippen LogP contribution in [0.3, 0.4) is 0 Å². The summed E-state index contributed by atoms with van der Waals surface area (Å²) in [5.74, 6) is 0.809. The first kappa shape index (κ1) is 12.9. The number of aliphatic hydroxyl groups excluding tert-OH is 2. The molecular weight excluding hydrogens is 190 g/mol. The number of unbranched alkanes of at least 4 members (excludes halogenated alkanes) is 1. The van der Waals surface area contributed by atoms with E-state index in [1.54, 1.807) is 0 Å². The summed E-state index contributed by atoms with van der Waals surface area (Å²) in [4.78, 5) is 0. The standard InChI is InChI=1S/C12H25NO2/c1-11-4-6-12(10-15,7-5-11)13-8-2-3-9-14/h11,13-15H,2-10H2,1H3. The summed E-state index contributed by atoms with van der Waals surface area (Å²) in [6.07, 6.45) is 6.45. The van der Waals surface area contributed by atoms with Crippen molar-refractivity contribution in [3.63, 3.8) is 0 Å². The number of hydrogen-bond donors (Lipinski definition) is 3. The fourth-order valence-electron chi connectivity index (χ4n) is 2.30. The number of nitrogens with one attached hydrogen (secondary N) is 1. The van der Waals surface area contributed by atoms with E-state index in [0.29, 0.717) is 0 Å². The Bertz CT molecular complexity index is 165. The third-order valence-electron chi connectivity index (χ3n) is 3.62. The van der Waals surface area contributed by atoms with Crippen LogP contribution in [0.25, 0.3) is 0 Å². The van der Waals surface area contributed by atoms with Crippen molar-refractivity contribution in [1.82, 2.24) is 5.32 Å². The van der Waals surface area contributed by atoms with Gasteiger partial charge >= 0.3 is 0 Å². The van der Waals surface area contributed by atoms with Crippen molar-refractivity contribution >= 4 is 0 Å². The largest absolute Gasteiger partial charge is 0.396 e. The lowest BCUT2D eigenvalue weighted by atomic mass is 9.77. The molecular formula is C12H25NO2. The Morgan fingerprint density at radius 2 is 1.87 bits per heavy atom. The Labute approximate surface area is 92.9 Å². The van der Waals surface area contributed by atoms with Gasteiger partial charge in [-0.1, -0.05) is 6.92 Å². The summed E-state index contributed by atoms with van der Waals surface area (Å²) in [6, 6.07) is 0.